The van der Waals surface area contributed by atoms with Crippen LogP contribution in [0.2, 0.25) is 5.02 Å². The van der Waals surface area contributed by atoms with Gasteiger partial charge >= 0.3 is 5.97 Å². The lowest BCUT2D eigenvalue weighted by Gasteiger charge is -2.07. The van der Waals surface area contributed by atoms with Crippen LogP contribution < -0.4 is 0 Å². The summed E-state index contributed by atoms with van der Waals surface area (Å²) in [6.07, 6.45) is 1.47. The molecule has 0 spiro atoms. The molecule has 4 heteroatoms. The predicted molar refractivity (Wildman–Crippen MR) is 67.4 cm³/mol. The molecule has 2 aromatic rings. The van der Waals surface area contributed by atoms with Crippen LogP contribution in [0, 0.1) is 6.92 Å². The van der Waals surface area contributed by atoms with Gasteiger partial charge in [-0.05, 0) is 19.4 Å². The molecule has 0 radical (unpaired) electrons. The molecule has 3 nitrogen and oxygen atoms in total. The van der Waals surface area contributed by atoms with Crippen LogP contribution >= 0.6 is 11.6 Å². The van der Waals surface area contributed by atoms with Gasteiger partial charge in [-0.1, -0.05) is 29.8 Å². The molecular formula is C13H12ClNO2. The van der Waals surface area contributed by atoms with E-state index in [1.807, 2.05) is 25.1 Å². The highest BCUT2D eigenvalue weighted by Gasteiger charge is 2.15. The number of hydrogen-bond acceptors (Lipinski definition) is 3. The van der Waals surface area contributed by atoms with Crippen molar-refractivity contribution in [2.75, 3.05) is 6.61 Å². The topological polar surface area (TPSA) is 39.2 Å². The van der Waals surface area contributed by atoms with Crippen LogP contribution in [0.5, 0.6) is 0 Å². The number of halogens is 1. The van der Waals surface area contributed by atoms with Crippen molar-refractivity contribution < 1.29 is 9.53 Å². The molecule has 0 atom stereocenters. The summed E-state index contributed by atoms with van der Waals surface area (Å²) in [5.41, 5.74) is 2.15. The molecule has 0 saturated carbocycles. The fraction of sp³-hybridized carbons (Fsp3) is 0.231. The van der Waals surface area contributed by atoms with Gasteiger partial charge in [0.15, 0.2) is 0 Å². The monoisotopic (exact) mass is 249 g/mol. The van der Waals surface area contributed by atoms with Crippen molar-refractivity contribution in [1.29, 1.82) is 0 Å². The highest BCUT2D eigenvalue weighted by atomic mass is 35.5. The van der Waals surface area contributed by atoms with Crippen molar-refractivity contribution in [3.05, 3.63) is 40.5 Å². The zero-order chi connectivity index (χ0) is 12.4. The second kappa shape index (κ2) is 4.72. The molecule has 0 saturated heterocycles. The SMILES string of the molecule is CCOC(=O)c1cnc2c(C)cccc2c1Cl. The maximum absolute atomic E-state index is 11.6. The molecule has 0 bridgehead atoms. The molecular weight excluding hydrogens is 238 g/mol. The van der Waals surface area contributed by atoms with Gasteiger partial charge in [-0.3, -0.25) is 4.98 Å². The number of nitrogens with zero attached hydrogens (tertiary/aromatic N) is 1. The average molecular weight is 250 g/mol. The second-order valence-electron chi connectivity index (χ2n) is 3.68. The fourth-order valence-corrected chi connectivity index (χ4v) is 1.97. The Morgan fingerprint density at radius 2 is 2.24 bits per heavy atom. The van der Waals surface area contributed by atoms with E-state index in [9.17, 15) is 4.79 Å². The Balaban J connectivity index is 2.62. The zero-order valence-corrected chi connectivity index (χ0v) is 10.4. The van der Waals surface area contributed by atoms with Crippen molar-refractivity contribution in [1.82, 2.24) is 4.98 Å². The van der Waals surface area contributed by atoms with E-state index in [4.69, 9.17) is 16.3 Å². The summed E-state index contributed by atoms with van der Waals surface area (Å²) in [5, 5.41) is 1.18. The Hall–Kier alpha value is -1.61. The van der Waals surface area contributed by atoms with Crippen LogP contribution in [0.1, 0.15) is 22.8 Å². The molecule has 88 valence electrons. The minimum atomic E-state index is -0.437. The average Bonchev–Trinajstić information content (AvgIpc) is 2.31. The lowest BCUT2D eigenvalue weighted by Crippen LogP contribution is -2.06. The van der Waals surface area contributed by atoms with Crippen molar-refractivity contribution >= 4 is 28.5 Å². The molecule has 0 aliphatic carbocycles. The molecule has 0 N–H and O–H groups in total. The summed E-state index contributed by atoms with van der Waals surface area (Å²) in [5.74, 6) is -0.437. The number of carbonyl (C=O) groups excluding carboxylic acids is 1. The summed E-state index contributed by atoms with van der Waals surface area (Å²) in [6, 6.07) is 5.69. The third-order valence-corrected chi connectivity index (χ3v) is 2.94. The number of fused-ring (bicyclic) bond motifs is 1. The number of carbonyl (C=O) groups is 1. The first-order valence-corrected chi connectivity index (χ1v) is 5.74. The van der Waals surface area contributed by atoms with Gasteiger partial charge in [-0.2, -0.15) is 0 Å². The number of esters is 1. The van der Waals surface area contributed by atoms with Crippen LogP contribution in [0.15, 0.2) is 24.4 Å². The van der Waals surface area contributed by atoms with Crippen LogP contribution in [0.25, 0.3) is 10.9 Å². The number of pyridine rings is 1. The minimum absolute atomic E-state index is 0.312. The largest absolute Gasteiger partial charge is 0.462 e. The van der Waals surface area contributed by atoms with Crippen molar-refractivity contribution in [3.8, 4) is 0 Å². The molecule has 17 heavy (non-hydrogen) atoms. The maximum atomic E-state index is 11.6. The van der Waals surface area contributed by atoms with E-state index in [0.29, 0.717) is 17.2 Å². The number of hydrogen-bond donors (Lipinski definition) is 0. The van der Waals surface area contributed by atoms with E-state index in [0.717, 1.165) is 16.5 Å². The number of aryl methyl sites for hydroxylation is 1. The number of benzene rings is 1. The Labute approximate surface area is 104 Å². The van der Waals surface area contributed by atoms with Gasteiger partial charge in [0.05, 0.1) is 22.7 Å². The van der Waals surface area contributed by atoms with E-state index in [-0.39, 0.29) is 0 Å². The normalized spacial score (nSPS) is 10.5. The lowest BCUT2D eigenvalue weighted by molar-refractivity contribution is 0.0526. The number of ether oxygens (including phenoxy) is 1. The molecule has 2 rings (SSSR count). The van der Waals surface area contributed by atoms with Crippen molar-refractivity contribution in [2.45, 2.75) is 13.8 Å². The van der Waals surface area contributed by atoms with Crippen molar-refractivity contribution in [3.63, 3.8) is 0 Å². The third-order valence-electron chi connectivity index (χ3n) is 2.53. The Morgan fingerprint density at radius 3 is 2.94 bits per heavy atom. The van der Waals surface area contributed by atoms with E-state index >= 15 is 0 Å². The van der Waals surface area contributed by atoms with Gasteiger partial charge in [0.1, 0.15) is 0 Å². The summed E-state index contributed by atoms with van der Waals surface area (Å²) in [6.45, 7) is 4.03. The first kappa shape index (κ1) is 11.9. The van der Waals surface area contributed by atoms with Crippen molar-refractivity contribution in [2.24, 2.45) is 0 Å². The molecule has 0 fully saturated rings. The van der Waals surface area contributed by atoms with Gasteiger partial charge in [0.25, 0.3) is 0 Å². The first-order valence-electron chi connectivity index (χ1n) is 5.36. The standard InChI is InChI=1S/C13H12ClNO2/c1-3-17-13(16)10-7-15-12-8(2)5-4-6-9(12)11(10)14/h4-7H,3H2,1-2H3. The zero-order valence-electron chi connectivity index (χ0n) is 9.66. The maximum Gasteiger partial charge on any atom is 0.341 e. The molecule has 1 heterocycles. The van der Waals surface area contributed by atoms with Gasteiger partial charge in [-0.25, -0.2) is 4.79 Å². The Morgan fingerprint density at radius 1 is 1.47 bits per heavy atom. The molecule has 0 aliphatic rings. The predicted octanol–water partition coefficient (Wildman–Crippen LogP) is 3.37. The molecule has 0 aliphatic heterocycles. The smallest absolute Gasteiger partial charge is 0.341 e. The van der Waals surface area contributed by atoms with E-state index in [2.05, 4.69) is 4.98 Å². The first-order chi connectivity index (χ1) is 8.15. The van der Waals surface area contributed by atoms with E-state index in [1.165, 1.54) is 6.20 Å². The molecule has 0 amide bonds. The number of rotatable bonds is 2. The highest BCUT2D eigenvalue weighted by Crippen LogP contribution is 2.27. The second-order valence-corrected chi connectivity index (χ2v) is 4.06. The third kappa shape index (κ3) is 2.11. The molecule has 1 aromatic carbocycles. The molecule has 1 aromatic heterocycles. The van der Waals surface area contributed by atoms with Gasteiger partial charge in [-0.15, -0.1) is 0 Å². The Kier molecular flexibility index (Phi) is 3.29. The van der Waals surface area contributed by atoms with Crippen LogP contribution in [-0.2, 0) is 4.74 Å². The fourth-order valence-electron chi connectivity index (χ4n) is 1.69. The minimum Gasteiger partial charge on any atom is -0.462 e. The number of aromatic nitrogens is 1. The van der Waals surface area contributed by atoms with E-state index in [1.54, 1.807) is 6.92 Å². The summed E-state index contributed by atoms with van der Waals surface area (Å²) >= 11 is 6.20. The van der Waals surface area contributed by atoms with Crippen LogP contribution in [0.3, 0.4) is 0 Å². The summed E-state index contributed by atoms with van der Waals surface area (Å²) in [7, 11) is 0. The van der Waals surface area contributed by atoms with E-state index < -0.39 is 5.97 Å². The van der Waals surface area contributed by atoms with Crippen LogP contribution in [-0.4, -0.2) is 17.6 Å². The quantitative estimate of drug-likeness (QED) is 0.766. The van der Waals surface area contributed by atoms with Crippen LogP contribution in [0.4, 0.5) is 0 Å². The lowest BCUT2D eigenvalue weighted by atomic mass is 10.1. The van der Waals surface area contributed by atoms with Gasteiger partial charge in [0, 0.05) is 11.6 Å². The number of para-hydroxylation sites is 1. The molecule has 0 unspecified atom stereocenters. The summed E-state index contributed by atoms with van der Waals surface area (Å²) in [4.78, 5) is 15.9. The van der Waals surface area contributed by atoms with Gasteiger partial charge in [0.2, 0.25) is 0 Å². The highest BCUT2D eigenvalue weighted by molar-refractivity contribution is 6.38. The summed E-state index contributed by atoms with van der Waals surface area (Å²) < 4.78 is 4.92. The van der Waals surface area contributed by atoms with Gasteiger partial charge < -0.3 is 4.74 Å². The Bertz CT molecular complexity index is 581.